The number of carbonyl (C=O) groups is 1. The lowest BCUT2D eigenvalue weighted by molar-refractivity contribution is 0.0981. The molecule has 1 aromatic heterocycles. The van der Waals surface area contributed by atoms with Gasteiger partial charge < -0.3 is 0 Å². The number of hydrogen-bond donors (Lipinski definition) is 0. The van der Waals surface area contributed by atoms with Gasteiger partial charge in [0, 0.05) is 35.5 Å². The molecule has 0 unspecified atom stereocenters. The molecule has 0 N–H and O–H groups in total. The zero-order valence-corrected chi connectivity index (χ0v) is 24.5. The lowest BCUT2D eigenvalue weighted by Crippen LogP contribution is -2.08. The van der Waals surface area contributed by atoms with Gasteiger partial charge in [0.25, 0.3) is 0 Å². The molecule has 1 fully saturated rings. The maximum absolute atomic E-state index is 13.5. The van der Waals surface area contributed by atoms with Crippen LogP contribution in [0.1, 0.15) is 113 Å². The van der Waals surface area contributed by atoms with Crippen molar-refractivity contribution in [2.75, 3.05) is 0 Å². The highest BCUT2D eigenvalue weighted by atomic mass is 19.1. The highest BCUT2D eigenvalue weighted by molar-refractivity contribution is 5.96. The third-order valence-corrected chi connectivity index (χ3v) is 6.34. The summed E-state index contributed by atoms with van der Waals surface area (Å²) in [4.78, 5) is 19.9. The maximum Gasteiger partial charge on any atom is 0.162 e. The van der Waals surface area contributed by atoms with E-state index in [4.69, 9.17) is 0 Å². The van der Waals surface area contributed by atoms with Crippen LogP contribution in [0.5, 0.6) is 0 Å². The molecule has 1 aliphatic rings. The number of benzene rings is 2. The summed E-state index contributed by atoms with van der Waals surface area (Å²) in [5, 5.41) is 0. The van der Waals surface area contributed by atoms with Crippen molar-refractivity contribution < 1.29 is 9.18 Å². The minimum atomic E-state index is -0.243. The Morgan fingerprint density at radius 3 is 2.00 bits per heavy atom. The highest BCUT2D eigenvalue weighted by Crippen LogP contribution is 2.51. The normalized spacial score (nSPS) is 12.6. The fourth-order valence-corrected chi connectivity index (χ4v) is 4.16. The van der Waals surface area contributed by atoms with Gasteiger partial charge in [-0.15, -0.1) is 0 Å². The molecule has 3 nitrogen and oxygen atoms in total. The van der Waals surface area contributed by atoms with Crippen molar-refractivity contribution >= 4 is 5.78 Å². The van der Waals surface area contributed by atoms with Crippen molar-refractivity contribution in [3.05, 3.63) is 82.7 Å². The number of ketones is 1. The number of carbonyl (C=O) groups excluding carboxylic acids is 1. The Bertz CT molecular complexity index is 1100. The van der Waals surface area contributed by atoms with Gasteiger partial charge in [0.15, 0.2) is 5.78 Å². The van der Waals surface area contributed by atoms with Crippen LogP contribution in [0.4, 0.5) is 4.39 Å². The molecule has 0 saturated heterocycles. The monoisotopic (exact) mass is 506 g/mol. The fourth-order valence-electron chi connectivity index (χ4n) is 4.16. The molecule has 0 spiro atoms. The van der Waals surface area contributed by atoms with E-state index in [0.717, 1.165) is 17.5 Å². The van der Waals surface area contributed by atoms with Crippen LogP contribution in [0.3, 0.4) is 0 Å². The fraction of sp³-hybridized carbons (Fsp3) is 0.485. The third-order valence-electron chi connectivity index (χ3n) is 6.34. The van der Waals surface area contributed by atoms with Crippen molar-refractivity contribution in [3.8, 4) is 11.1 Å². The van der Waals surface area contributed by atoms with E-state index >= 15 is 0 Å². The molecule has 0 atom stereocenters. The molecular weight excluding hydrogens is 459 g/mol. The van der Waals surface area contributed by atoms with Gasteiger partial charge in [0.2, 0.25) is 0 Å². The molecule has 37 heavy (non-hydrogen) atoms. The second-order valence-electron chi connectivity index (χ2n) is 9.55. The van der Waals surface area contributed by atoms with Crippen LogP contribution >= 0.6 is 0 Å². The zero-order valence-electron chi connectivity index (χ0n) is 24.5. The molecule has 1 heterocycles. The molecule has 1 aliphatic carbocycles. The predicted octanol–water partition coefficient (Wildman–Crippen LogP) is 9.76. The topological polar surface area (TPSA) is 42.9 Å². The molecule has 3 aromatic rings. The average Bonchev–Trinajstić information content (AvgIpc) is 3.69. The molecule has 0 aliphatic heterocycles. The number of rotatable bonds is 6. The van der Waals surface area contributed by atoms with Crippen molar-refractivity contribution in [2.45, 2.75) is 106 Å². The van der Waals surface area contributed by atoms with E-state index in [9.17, 15) is 9.18 Å². The predicted molar refractivity (Wildman–Crippen MR) is 156 cm³/mol. The summed E-state index contributed by atoms with van der Waals surface area (Å²) < 4.78 is 13.5. The molecule has 202 valence electrons. The lowest BCUT2D eigenvalue weighted by Gasteiger charge is -2.16. The second kappa shape index (κ2) is 16.1. The van der Waals surface area contributed by atoms with Gasteiger partial charge in [-0.3, -0.25) is 4.79 Å². The Morgan fingerprint density at radius 2 is 1.51 bits per heavy atom. The second-order valence-corrected chi connectivity index (χ2v) is 9.55. The van der Waals surface area contributed by atoms with E-state index in [1.54, 1.807) is 31.5 Å². The standard InChI is InChI=1S/C16H22O.C12H11FN2.C3H8.C2H6/c1-4-6-15(17)13-7-8-14(12(3)11-13)16(5-2)9-10-16;1-8-3-4-12(13)11(5-8)10-6-14-9(2)15-7-10;1-3-2;1-2/h7-8,11H,4-6,9-10H2,1-3H3;3-7H,1-2H3;3H2,1-2H3;1-2H3. The van der Waals surface area contributed by atoms with Gasteiger partial charge in [-0.25, -0.2) is 14.4 Å². The van der Waals surface area contributed by atoms with Gasteiger partial charge in [-0.1, -0.05) is 71.7 Å². The first-order valence-electron chi connectivity index (χ1n) is 13.9. The number of hydrogen-bond acceptors (Lipinski definition) is 3. The van der Waals surface area contributed by atoms with Crippen LogP contribution in [-0.2, 0) is 5.41 Å². The Labute approximate surface area is 225 Å². The van der Waals surface area contributed by atoms with E-state index in [1.807, 2.05) is 26.8 Å². The Kier molecular flexibility index (Phi) is 14.0. The average molecular weight is 507 g/mol. The Balaban J connectivity index is 0.000000317. The Hall–Kier alpha value is -2.88. The molecule has 4 heteroatoms. The largest absolute Gasteiger partial charge is 0.294 e. The number of Topliss-reactive ketones (excluding diaryl/α,β-unsaturated/α-hetero) is 1. The molecule has 0 bridgehead atoms. The Morgan fingerprint density at radius 1 is 0.919 bits per heavy atom. The number of aryl methyl sites for hydroxylation is 3. The van der Waals surface area contributed by atoms with Crippen LogP contribution in [0.25, 0.3) is 11.1 Å². The minimum Gasteiger partial charge on any atom is -0.294 e. The first-order valence-corrected chi connectivity index (χ1v) is 13.9. The summed E-state index contributed by atoms with van der Waals surface area (Å²) >= 11 is 0. The van der Waals surface area contributed by atoms with Gasteiger partial charge in [-0.05, 0) is 81.2 Å². The summed E-state index contributed by atoms with van der Waals surface area (Å²) in [6.45, 7) is 18.4. The van der Waals surface area contributed by atoms with E-state index in [0.29, 0.717) is 28.8 Å². The number of nitrogens with zero attached hydrogens (tertiary/aromatic N) is 2. The third kappa shape index (κ3) is 9.50. The van der Waals surface area contributed by atoms with Gasteiger partial charge in [-0.2, -0.15) is 0 Å². The number of halogens is 1. The van der Waals surface area contributed by atoms with E-state index in [-0.39, 0.29) is 11.6 Å². The van der Waals surface area contributed by atoms with Crippen molar-refractivity contribution in [2.24, 2.45) is 0 Å². The minimum absolute atomic E-state index is 0.243. The van der Waals surface area contributed by atoms with Crippen LogP contribution in [0, 0.1) is 26.6 Å². The summed E-state index contributed by atoms with van der Waals surface area (Å²) in [5.74, 6) is 0.725. The van der Waals surface area contributed by atoms with Gasteiger partial charge >= 0.3 is 0 Å². The lowest BCUT2D eigenvalue weighted by atomic mass is 9.88. The summed E-state index contributed by atoms with van der Waals surface area (Å²) in [5.41, 5.74) is 6.37. The molecule has 1 saturated carbocycles. The van der Waals surface area contributed by atoms with Gasteiger partial charge in [0.1, 0.15) is 11.6 Å². The van der Waals surface area contributed by atoms with Crippen molar-refractivity contribution in [1.29, 1.82) is 0 Å². The molecule has 4 rings (SSSR count). The first kappa shape index (κ1) is 32.1. The summed E-state index contributed by atoms with van der Waals surface area (Å²) in [7, 11) is 0. The van der Waals surface area contributed by atoms with E-state index in [2.05, 4.69) is 56.7 Å². The summed E-state index contributed by atoms with van der Waals surface area (Å²) in [6.07, 6.45) is 9.96. The van der Waals surface area contributed by atoms with E-state index in [1.165, 1.54) is 42.9 Å². The maximum atomic E-state index is 13.5. The van der Waals surface area contributed by atoms with Crippen LogP contribution in [0.15, 0.2) is 48.8 Å². The smallest absolute Gasteiger partial charge is 0.162 e. The van der Waals surface area contributed by atoms with Crippen molar-refractivity contribution in [3.63, 3.8) is 0 Å². The SMILES string of the molecule is CC.CCC.CCCC(=O)c1ccc(C2(CC)CC2)c(C)c1.Cc1ccc(F)c(-c2cnc(C)nc2)c1. The van der Waals surface area contributed by atoms with E-state index < -0.39 is 0 Å². The highest BCUT2D eigenvalue weighted by Gasteiger charge is 2.43. The molecule has 2 aromatic carbocycles. The zero-order chi connectivity index (χ0) is 28.0. The molecule has 0 amide bonds. The number of aromatic nitrogens is 2. The summed E-state index contributed by atoms with van der Waals surface area (Å²) in [6, 6.07) is 11.3. The van der Waals surface area contributed by atoms with Crippen LogP contribution < -0.4 is 0 Å². The molecular formula is C33H47FN2O. The first-order chi connectivity index (χ1) is 17.7. The quantitative estimate of drug-likeness (QED) is 0.312. The van der Waals surface area contributed by atoms with Gasteiger partial charge in [0.05, 0.1) is 0 Å². The molecule has 0 radical (unpaired) electrons. The van der Waals surface area contributed by atoms with Crippen molar-refractivity contribution in [1.82, 2.24) is 9.97 Å². The van der Waals surface area contributed by atoms with Crippen LogP contribution in [-0.4, -0.2) is 15.8 Å². The van der Waals surface area contributed by atoms with Crippen LogP contribution in [0.2, 0.25) is 0 Å².